The van der Waals surface area contributed by atoms with Gasteiger partial charge in [0.15, 0.2) is 6.10 Å². The van der Waals surface area contributed by atoms with Gasteiger partial charge in [-0.3, -0.25) is 4.79 Å². The summed E-state index contributed by atoms with van der Waals surface area (Å²) in [6, 6.07) is 13.8. The van der Waals surface area contributed by atoms with Gasteiger partial charge in [-0.2, -0.15) is 0 Å². The summed E-state index contributed by atoms with van der Waals surface area (Å²) in [4.78, 5) is 20.1. The molecule has 1 aliphatic carbocycles. The molecule has 0 radical (unpaired) electrons. The van der Waals surface area contributed by atoms with Crippen LogP contribution in [0, 0.1) is 11.7 Å². The largest absolute Gasteiger partial charge is 0.390 e. The monoisotopic (exact) mass is 386 g/mol. The molecule has 0 bridgehead atoms. The third-order valence-electron chi connectivity index (χ3n) is 4.84. The molecule has 1 unspecified atom stereocenters. The average molecular weight is 387 g/mol. The molecule has 1 heterocycles. The Kier molecular flexibility index (Phi) is 5.12. The van der Waals surface area contributed by atoms with E-state index < -0.39 is 0 Å². The predicted molar refractivity (Wildman–Crippen MR) is 102 cm³/mol. The van der Waals surface area contributed by atoms with E-state index in [1.54, 1.807) is 11.0 Å². The number of oxime groups is 1. The Morgan fingerprint density at radius 2 is 2.00 bits per heavy atom. The van der Waals surface area contributed by atoms with E-state index in [2.05, 4.69) is 5.16 Å². The summed E-state index contributed by atoms with van der Waals surface area (Å²) in [6.07, 6.45) is 2.28. The van der Waals surface area contributed by atoms with Crippen molar-refractivity contribution >= 4 is 23.2 Å². The molecule has 140 valence electrons. The van der Waals surface area contributed by atoms with Crippen LogP contribution in [0.2, 0.25) is 5.02 Å². The lowest BCUT2D eigenvalue weighted by atomic mass is 10.0. The van der Waals surface area contributed by atoms with E-state index in [0.29, 0.717) is 24.5 Å². The van der Waals surface area contributed by atoms with Gasteiger partial charge in [-0.05, 0) is 48.2 Å². The lowest BCUT2D eigenvalue weighted by molar-refractivity contribution is -0.135. The fraction of sp³-hybridized carbons (Fsp3) is 0.333. The number of nitrogens with zero attached hydrogens (tertiary/aromatic N) is 2. The molecular weight excluding hydrogens is 367 g/mol. The van der Waals surface area contributed by atoms with Gasteiger partial charge >= 0.3 is 0 Å². The van der Waals surface area contributed by atoms with E-state index in [1.165, 1.54) is 12.1 Å². The lowest BCUT2D eigenvalue weighted by Gasteiger charge is -2.25. The van der Waals surface area contributed by atoms with E-state index in [-0.39, 0.29) is 23.7 Å². The fourth-order valence-electron chi connectivity index (χ4n) is 3.26. The number of rotatable bonds is 6. The number of carbonyl (C=O) groups is 1. The van der Waals surface area contributed by atoms with Gasteiger partial charge in [0, 0.05) is 23.9 Å². The van der Waals surface area contributed by atoms with Gasteiger partial charge in [-0.25, -0.2) is 4.39 Å². The summed E-state index contributed by atoms with van der Waals surface area (Å²) in [7, 11) is 0. The minimum absolute atomic E-state index is 0.0941. The van der Waals surface area contributed by atoms with E-state index >= 15 is 0 Å². The Balaban J connectivity index is 1.43. The van der Waals surface area contributed by atoms with E-state index in [1.807, 2.05) is 30.3 Å². The minimum atomic E-state index is -0.295. The highest BCUT2D eigenvalue weighted by molar-refractivity contribution is 6.30. The number of hydrogen-bond donors (Lipinski definition) is 0. The SMILES string of the molecule is O=C(C1CC1)N(Cc1cccc(F)c1)CC1CC(c2ccc(Cl)cc2)=NO1. The van der Waals surface area contributed by atoms with Crippen molar-refractivity contribution in [2.45, 2.75) is 31.9 Å². The second-order valence-corrected chi connectivity index (χ2v) is 7.54. The van der Waals surface area contributed by atoms with Gasteiger partial charge in [-0.1, -0.05) is 41.0 Å². The molecule has 0 spiro atoms. The molecular formula is C21H20ClFN2O2. The van der Waals surface area contributed by atoms with Crippen molar-refractivity contribution in [2.24, 2.45) is 11.1 Å². The summed E-state index contributed by atoms with van der Waals surface area (Å²) < 4.78 is 13.5. The van der Waals surface area contributed by atoms with E-state index in [4.69, 9.17) is 16.4 Å². The number of amides is 1. The van der Waals surface area contributed by atoms with Gasteiger partial charge in [0.25, 0.3) is 0 Å². The van der Waals surface area contributed by atoms with Crippen LogP contribution in [-0.4, -0.2) is 29.2 Å². The lowest BCUT2D eigenvalue weighted by Crippen LogP contribution is -2.38. The highest BCUT2D eigenvalue weighted by Crippen LogP contribution is 2.32. The smallest absolute Gasteiger partial charge is 0.226 e. The Morgan fingerprint density at radius 1 is 1.22 bits per heavy atom. The van der Waals surface area contributed by atoms with Gasteiger partial charge in [0.05, 0.1) is 12.3 Å². The van der Waals surface area contributed by atoms with Crippen LogP contribution < -0.4 is 0 Å². The molecule has 27 heavy (non-hydrogen) atoms. The third-order valence-corrected chi connectivity index (χ3v) is 5.09. The van der Waals surface area contributed by atoms with E-state index in [0.717, 1.165) is 29.7 Å². The summed E-state index contributed by atoms with van der Waals surface area (Å²) in [5, 5.41) is 4.86. The first-order valence-corrected chi connectivity index (χ1v) is 9.48. The Bertz CT molecular complexity index is 865. The van der Waals surface area contributed by atoms with Crippen LogP contribution in [0.5, 0.6) is 0 Å². The van der Waals surface area contributed by atoms with Crippen molar-refractivity contribution in [1.29, 1.82) is 0 Å². The van der Waals surface area contributed by atoms with Crippen LogP contribution >= 0.6 is 11.6 Å². The molecule has 4 rings (SSSR count). The zero-order chi connectivity index (χ0) is 18.8. The molecule has 1 saturated carbocycles. The molecule has 1 aliphatic heterocycles. The molecule has 4 nitrogen and oxygen atoms in total. The maximum absolute atomic E-state index is 13.5. The normalized spacial score (nSPS) is 18.7. The molecule has 1 fully saturated rings. The summed E-state index contributed by atoms with van der Waals surface area (Å²) >= 11 is 5.93. The molecule has 2 aromatic carbocycles. The highest BCUT2D eigenvalue weighted by atomic mass is 35.5. The standard InChI is InChI=1S/C21H20ClFN2O2/c22-17-8-6-15(7-9-17)20-11-19(27-24-20)13-25(21(26)16-4-5-16)12-14-2-1-3-18(23)10-14/h1-3,6-10,16,19H,4-5,11-13H2. The molecule has 2 aromatic rings. The predicted octanol–water partition coefficient (Wildman–Crippen LogP) is 4.41. The van der Waals surface area contributed by atoms with E-state index in [9.17, 15) is 9.18 Å². The minimum Gasteiger partial charge on any atom is -0.390 e. The highest BCUT2D eigenvalue weighted by Gasteiger charge is 2.35. The summed E-state index contributed by atoms with van der Waals surface area (Å²) in [6.45, 7) is 0.815. The number of halogens is 2. The van der Waals surface area contributed by atoms with Crippen molar-refractivity contribution in [3.05, 3.63) is 70.5 Å². The van der Waals surface area contributed by atoms with Crippen LogP contribution in [0.3, 0.4) is 0 Å². The van der Waals surface area contributed by atoms with Crippen LogP contribution in [0.4, 0.5) is 4.39 Å². The van der Waals surface area contributed by atoms with Crippen LogP contribution in [0.15, 0.2) is 53.7 Å². The maximum Gasteiger partial charge on any atom is 0.226 e. The zero-order valence-electron chi connectivity index (χ0n) is 14.8. The topological polar surface area (TPSA) is 41.9 Å². The molecule has 1 amide bonds. The first kappa shape index (κ1) is 18.0. The first-order valence-electron chi connectivity index (χ1n) is 9.10. The average Bonchev–Trinajstić information content (AvgIpc) is 3.40. The molecule has 6 heteroatoms. The second kappa shape index (κ2) is 7.69. The molecule has 1 atom stereocenters. The van der Waals surface area contributed by atoms with Gasteiger partial charge in [-0.15, -0.1) is 0 Å². The Hall–Kier alpha value is -2.40. The van der Waals surface area contributed by atoms with Gasteiger partial charge < -0.3 is 9.74 Å². The van der Waals surface area contributed by atoms with Crippen LogP contribution in [-0.2, 0) is 16.2 Å². The fourth-order valence-corrected chi connectivity index (χ4v) is 3.39. The van der Waals surface area contributed by atoms with Gasteiger partial charge in [0.2, 0.25) is 5.91 Å². The van der Waals surface area contributed by atoms with Crippen LogP contribution in [0.1, 0.15) is 30.4 Å². The third kappa shape index (κ3) is 4.48. The zero-order valence-corrected chi connectivity index (χ0v) is 15.5. The number of hydrogen-bond acceptors (Lipinski definition) is 3. The van der Waals surface area contributed by atoms with Crippen molar-refractivity contribution < 1.29 is 14.0 Å². The van der Waals surface area contributed by atoms with Crippen molar-refractivity contribution in [1.82, 2.24) is 4.90 Å². The molecule has 0 saturated heterocycles. The molecule has 2 aliphatic rings. The van der Waals surface area contributed by atoms with Crippen molar-refractivity contribution in [3.63, 3.8) is 0 Å². The summed E-state index contributed by atoms with van der Waals surface area (Å²) in [5.74, 6) is -0.0868. The number of benzene rings is 2. The van der Waals surface area contributed by atoms with Crippen molar-refractivity contribution in [2.75, 3.05) is 6.54 Å². The van der Waals surface area contributed by atoms with Crippen molar-refractivity contribution in [3.8, 4) is 0 Å². The quantitative estimate of drug-likeness (QED) is 0.737. The number of carbonyl (C=O) groups excluding carboxylic acids is 1. The van der Waals surface area contributed by atoms with Crippen LogP contribution in [0.25, 0.3) is 0 Å². The Labute approximate surface area is 162 Å². The molecule has 0 aromatic heterocycles. The first-order chi connectivity index (χ1) is 13.1. The van der Waals surface area contributed by atoms with Gasteiger partial charge in [0.1, 0.15) is 5.82 Å². The Morgan fingerprint density at radius 3 is 2.70 bits per heavy atom. The molecule has 0 N–H and O–H groups in total. The second-order valence-electron chi connectivity index (χ2n) is 7.10. The summed E-state index contributed by atoms with van der Waals surface area (Å²) in [5.41, 5.74) is 2.59. The maximum atomic E-state index is 13.5.